The van der Waals surface area contributed by atoms with Crippen molar-refractivity contribution in [2.24, 2.45) is 0 Å². The molecule has 0 bridgehead atoms. The Labute approximate surface area is 163 Å². The van der Waals surface area contributed by atoms with E-state index in [-0.39, 0.29) is 18.9 Å². The van der Waals surface area contributed by atoms with E-state index in [4.69, 9.17) is 4.74 Å². The molecule has 2 amide bonds. The van der Waals surface area contributed by atoms with E-state index in [0.717, 1.165) is 11.1 Å². The maximum atomic E-state index is 12.9. The van der Waals surface area contributed by atoms with Gasteiger partial charge in [-0.2, -0.15) is 0 Å². The van der Waals surface area contributed by atoms with Gasteiger partial charge in [-0.25, -0.2) is 4.39 Å². The summed E-state index contributed by atoms with van der Waals surface area (Å²) >= 11 is 0. The normalized spacial score (nSPS) is 11.4. The summed E-state index contributed by atoms with van der Waals surface area (Å²) in [5, 5.41) is 5.08. The molecule has 0 fully saturated rings. The third kappa shape index (κ3) is 6.50. The predicted octanol–water partition coefficient (Wildman–Crippen LogP) is 2.42. The number of hydrogen-bond donors (Lipinski definition) is 2. The number of benzene rings is 2. The van der Waals surface area contributed by atoms with E-state index in [2.05, 4.69) is 10.6 Å². The van der Waals surface area contributed by atoms with E-state index in [1.165, 1.54) is 19.1 Å². The molecule has 1 unspecified atom stereocenters. The van der Waals surface area contributed by atoms with Crippen LogP contribution < -0.4 is 10.6 Å². The molecule has 0 aromatic heterocycles. The van der Waals surface area contributed by atoms with Crippen LogP contribution in [-0.4, -0.2) is 30.4 Å². The molecular weight excluding hydrogens is 363 g/mol. The lowest BCUT2D eigenvalue weighted by Crippen LogP contribution is -2.38. The van der Waals surface area contributed by atoms with E-state index in [9.17, 15) is 18.8 Å². The fourth-order valence-electron chi connectivity index (χ4n) is 2.59. The maximum absolute atomic E-state index is 12.9. The van der Waals surface area contributed by atoms with Crippen molar-refractivity contribution < 1.29 is 23.5 Å². The minimum Gasteiger partial charge on any atom is -0.451 e. The lowest BCUT2D eigenvalue weighted by Gasteiger charge is -2.14. The summed E-state index contributed by atoms with van der Waals surface area (Å²) in [5.74, 6) is -1.96. The van der Waals surface area contributed by atoms with Crippen LogP contribution in [-0.2, 0) is 20.9 Å². The summed E-state index contributed by atoms with van der Waals surface area (Å²) in [4.78, 5) is 36.0. The molecule has 2 aromatic rings. The van der Waals surface area contributed by atoms with Gasteiger partial charge >= 0.3 is 5.97 Å². The number of carbonyl (C=O) groups excluding carboxylic acids is 3. The first-order valence-corrected chi connectivity index (χ1v) is 8.82. The second-order valence-corrected chi connectivity index (χ2v) is 6.54. The standard InChI is InChI=1S/C21H23FN2O4/c1-13-8-14(2)10-17(9-13)21(27)24-12-19(25)28-15(3)20(26)23-11-16-4-6-18(22)7-5-16/h4-10,15H,11-12H2,1-3H3,(H,23,26)(H,24,27). The van der Waals surface area contributed by atoms with Gasteiger partial charge in [-0.05, 0) is 50.6 Å². The zero-order valence-electron chi connectivity index (χ0n) is 16.0. The maximum Gasteiger partial charge on any atom is 0.326 e. The lowest BCUT2D eigenvalue weighted by atomic mass is 10.1. The van der Waals surface area contributed by atoms with Gasteiger partial charge in [-0.15, -0.1) is 0 Å². The highest BCUT2D eigenvalue weighted by Crippen LogP contribution is 2.08. The van der Waals surface area contributed by atoms with Crippen LogP contribution in [0, 0.1) is 19.7 Å². The van der Waals surface area contributed by atoms with Gasteiger partial charge in [0.2, 0.25) is 0 Å². The summed E-state index contributed by atoms with van der Waals surface area (Å²) in [6.07, 6.45) is -1.02. The van der Waals surface area contributed by atoms with E-state index in [0.29, 0.717) is 11.1 Å². The fourth-order valence-corrected chi connectivity index (χ4v) is 2.59. The first-order chi connectivity index (χ1) is 13.2. The Morgan fingerprint density at radius 2 is 1.61 bits per heavy atom. The van der Waals surface area contributed by atoms with Crippen molar-refractivity contribution in [3.8, 4) is 0 Å². The average Bonchev–Trinajstić information content (AvgIpc) is 2.64. The van der Waals surface area contributed by atoms with Gasteiger partial charge in [-0.1, -0.05) is 29.3 Å². The molecule has 0 heterocycles. The van der Waals surface area contributed by atoms with E-state index in [1.54, 1.807) is 24.3 Å². The largest absolute Gasteiger partial charge is 0.451 e. The topological polar surface area (TPSA) is 84.5 Å². The number of ether oxygens (including phenoxy) is 1. The Hall–Kier alpha value is -3.22. The number of rotatable bonds is 7. The minimum absolute atomic E-state index is 0.185. The van der Waals surface area contributed by atoms with Crippen LogP contribution in [0.25, 0.3) is 0 Å². The van der Waals surface area contributed by atoms with Gasteiger partial charge in [0.25, 0.3) is 11.8 Å². The number of aryl methyl sites for hydroxylation is 2. The summed E-state index contributed by atoms with van der Waals surface area (Å²) < 4.78 is 17.9. The quantitative estimate of drug-likeness (QED) is 0.716. The van der Waals surface area contributed by atoms with Gasteiger partial charge in [0.15, 0.2) is 6.10 Å². The molecule has 0 saturated carbocycles. The number of nitrogens with one attached hydrogen (secondary N) is 2. The highest BCUT2D eigenvalue weighted by Gasteiger charge is 2.18. The molecule has 2 aromatic carbocycles. The number of hydrogen-bond acceptors (Lipinski definition) is 4. The monoisotopic (exact) mass is 386 g/mol. The van der Waals surface area contributed by atoms with Crippen molar-refractivity contribution in [2.75, 3.05) is 6.54 Å². The van der Waals surface area contributed by atoms with Gasteiger partial charge in [0, 0.05) is 12.1 Å². The smallest absolute Gasteiger partial charge is 0.326 e. The number of amides is 2. The Morgan fingerprint density at radius 3 is 2.21 bits per heavy atom. The second kappa shape index (κ2) is 9.64. The van der Waals surface area contributed by atoms with Gasteiger partial charge in [-0.3, -0.25) is 14.4 Å². The van der Waals surface area contributed by atoms with E-state index in [1.807, 2.05) is 19.9 Å². The average molecular weight is 386 g/mol. The van der Waals surface area contributed by atoms with Crippen LogP contribution in [0.2, 0.25) is 0 Å². The van der Waals surface area contributed by atoms with E-state index >= 15 is 0 Å². The van der Waals surface area contributed by atoms with Crippen molar-refractivity contribution in [2.45, 2.75) is 33.4 Å². The van der Waals surface area contributed by atoms with Crippen LogP contribution >= 0.6 is 0 Å². The van der Waals surface area contributed by atoms with E-state index < -0.39 is 23.9 Å². The molecule has 0 aliphatic carbocycles. The van der Waals surface area contributed by atoms with Gasteiger partial charge < -0.3 is 15.4 Å². The Bertz CT molecular complexity index is 845. The molecule has 2 rings (SSSR count). The molecule has 1 atom stereocenters. The van der Waals surface area contributed by atoms with Crippen molar-refractivity contribution in [1.29, 1.82) is 0 Å². The summed E-state index contributed by atoms with van der Waals surface area (Å²) in [5.41, 5.74) is 3.06. The van der Waals surface area contributed by atoms with Crippen molar-refractivity contribution >= 4 is 17.8 Å². The zero-order valence-corrected chi connectivity index (χ0v) is 16.0. The zero-order chi connectivity index (χ0) is 20.7. The predicted molar refractivity (Wildman–Crippen MR) is 102 cm³/mol. The highest BCUT2D eigenvalue weighted by molar-refractivity contribution is 5.96. The molecule has 0 spiro atoms. The third-order valence-electron chi connectivity index (χ3n) is 3.93. The van der Waals surface area contributed by atoms with Crippen molar-refractivity contribution in [3.63, 3.8) is 0 Å². The third-order valence-corrected chi connectivity index (χ3v) is 3.93. The SMILES string of the molecule is Cc1cc(C)cc(C(=O)NCC(=O)OC(C)C(=O)NCc2ccc(F)cc2)c1. The Morgan fingerprint density at radius 1 is 1.00 bits per heavy atom. The van der Waals surface area contributed by atoms with Gasteiger partial charge in [0.05, 0.1) is 0 Å². The van der Waals surface area contributed by atoms with Crippen molar-refractivity contribution in [3.05, 3.63) is 70.5 Å². The van der Waals surface area contributed by atoms with Gasteiger partial charge in [0.1, 0.15) is 12.4 Å². The molecule has 0 aliphatic heterocycles. The molecule has 0 saturated heterocycles. The highest BCUT2D eigenvalue weighted by atomic mass is 19.1. The van der Waals surface area contributed by atoms with Crippen LogP contribution in [0.4, 0.5) is 4.39 Å². The number of esters is 1. The number of halogens is 1. The second-order valence-electron chi connectivity index (χ2n) is 6.54. The van der Waals surface area contributed by atoms with Crippen molar-refractivity contribution in [1.82, 2.24) is 10.6 Å². The number of carbonyl (C=O) groups is 3. The Kier molecular flexibility index (Phi) is 7.26. The summed E-state index contributed by atoms with van der Waals surface area (Å²) in [6, 6.07) is 11.1. The molecule has 7 heteroatoms. The van der Waals surface area contributed by atoms with Crippen LogP contribution in [0.3, 0.4) is 0 Å². The molecule has 28 heavy (non-hydrogen) atoms. The summed E-state index contributed by atoms with van der Waals surface area (Å²) in [7, 11) is 0. The lowest BCUT2D eigenvalue weighted by molar-refractivity contribution is -0.153. The molecule has 0 aliphatic rings. The molecule has 2 N–H and O–H groups in total. The molecule has 0 radical (unpaired) electrons. The first kappa shape index (κ1) is 21.1. The van der Waals surface area contributed by atoms with Crippen LogP contribution in [0.1, 0.15) is 34.0 Å². The molecular formula is C21H23FN2O4. The molecule has 148 valence electrons. The molecule has 6 nitrogen and oxygen atoms in total. The first-order valence-electron chi connectivity index (χ1n) is 8.82. The summed E-state index contributed by atoms with van der Waals surface area (Å²) in [6.45, 7) is 5.03. The van der Waals surface area contributed by atoms with Crippen LogP contribution in [0.5, 0.6) is 0 Å². The minimum atomic E-state index is -1.02. The fraction of sp³-hybridized carbons (Fsp3) is 0.286. The Balaban J connectivity index is 1.77. The van der Waals surface area contributed by atoms with Crippen LogP contribution in [0.15, 0.2) is 42.5 Å².